The largest absolute Gasteiger partial charge is 0.314 e. The predicted octanol–water partition coefficient (Wildman–Crippen LogP) is 5.69. The molecule has 1 heteroatoms. The molecule has 1 atom stereocenters. The predicted molar refractivity (Wildman–Crippen MR) is 84.2 cm³/mol. The standard InChI is InChI=1S/C17H37N/c1-4-6-8-10-11-13-15-17(3)18-16-14-12-9-7-5-2/h17-18H,4-16H2,1-3H3. The fourth-order valence-electron chi connectivity index (χ4n) is 2.41. The van der Waals surface area contributed by atoms with Crippen molar-refractivity contribution < 1.29 is 0 Å². The van der Waals surface area contributed by atoms with Crippen molar-refractivity contribution >= 4 is 0 Å². The van der Waals surface area contributed by atoms with Gasteiger partial charge in [0.05, 0.1) is 0 Å². The number of unbranched alkanes of at least 4 members (excludes halogenated alkanes) is 9. The summed E-state index contributed by atoms with van der Waals surface area (Å²) in [6.45, 7) is 8.13. The summed E-state index contributed by atoms with van der Waals surface area (Å²) in [5, 5.41) is 3.66. The van der Waals surface area contributed by atoms with Crippen LogP contribution in [-0.4, -0.2) is 12.6 Å². The van der Waals surface area contributed by atoms with Gasteiger partial charge in [-0.15, -0.1) is 0 Å². The Morgan fingerprint density at radius 3 is 1.78 bits per heavy atom. The van der Waals surface area contributed by atoms with E-state index in [9.17, 15) is 0 Å². The fraction of sp³-hybridized carbons (Fsp3) is 1.00. The Hall–Kier alpha value is -0.0400. The molecule has 0 amide bonds. The second-order valence-electron chi connectivity index (χ2n) is 5.83. The first-order valence-electron chi connectivity index (χ1n) is 8.54. The van der Waals surface area contributed by atoms with Crippen molar-refractivity contribution in [2.45, 2.75) is 104 Å². The highest BCUT2D eigenvalue weighted by molar-refractivity contribution is 4.61. The lowest BCUT2D eigenvalue weighted by atomic mass is 10.1. The lowest BCUT2D eigenvalue weighted by Gasteiger charge is -2.13. The molecule has 1 N–H and O–H groups in total. The molecule has 0 aliphatic rings. The Bertz CT molecular complexity index is 129. The summed E-state index contributed by atoms with van der Waals surface area (Å²) in [5.41, 5.74) is 0. The van der Waals surface area contributed by atoms with Gasteiger partial charge in [-0.3, -0.25) is 0 Å². The third-order valence-electron chi connectivity index (χ3n) is 3.76. The van der Waals surface area contributed by atoms with Gasteiger partial charge in [0.15, 0.2) is 0 Å². The van der Waals surface area contributed by atoms with Gasteiger partial charge in [-0.1, -0.05) is 78.1 Å². The maximum absolute atomic E-state index is 3.66. The molecule has 110 valence electrons. The highest BCUT2D eigenvalue weighted by Crippen LogP contribution is 2.08. The Balaban J connectivity index is 3.10. The van der Waals surface area contributed by atoms with Gasteiger partial charge >= 0.3 is 0 Å². The van der Waals surface area contributed by atoms with Crippen LogP contribution < -0.4 is 5.32 Å². The molecule has 0 aromatic heterocycles. The molecule has 0 aromatic carbocycles. The summed E-state index contributed by atoms with van der Waals surface area (Å²) in [4.78, 5) is 0. The summed E-state index contributed by atoms with van der Waals surface area (Å²) in [7, 11) is 0. The average Bonchev–Trinajstić information content (AvgIpc) is 2.38. The SMILES string of the molecule is CCCCCCCCC(C)NCCCCCCC. The Labute approximate surface area is 116 Å². The van der Waals surface area contributed by atoms with Crippen molar-refractivity contribution in [2.75, 3.05) is 6.54 Å². The zero-order valence-corrected chi connectivity index (χ0v) is 13.3. The van der Waals surface area contributed by atoms with Gasteiger partial charge in [-0.2, -0.15) is 0 Å². The molecule has 0 rings (SSSR count). The molecular weight excluding hydrogens is 218 g/mol. The Morgan fingerprint density at radius 1 is 0.667 bits per heavy atom. The molecule has 18 heavy (non-hydrogen) atoms. The quantitative estimate of drug-likeness (QED) is 0.393. The lowest BCUT2D eigenvalue weighted by molar-refractivity contribution is 0.466. The zero-order valence-electron chi connectivity index (χ0n) is 13.3. The summed E-state index contributed by atoms with van der Waals surface area (Å²) < 4.78 is 0. The second kappa shape index (κ2) is 15.0. The van der Waals surface area contributed by atoms with Crippen molar-refractivity contribution in [1.82, 2.24) is 5.32 Å². The van der Waals surface area contributed by atoms with Crippen molar-refractivity contribution in [3.8, 4) is 0 Å². The van der Waals surface area contributed by atoms with E-state index in [0.29, 0.717) is 0 Å². The molecule has 1 nitrogen and oxygen atoms in total. The van der Waals surface area contributed by atoms with Crippen LogP contribution >= 0.6 is 0 Å². The molecule has 0 aliphatic heterocycles. The van der Waals surface area contributed by atoms with Gasteiger partial charge in [-0.25, -0.2) is 0 Å². The Morgan fingerprint density at radius 2 is 1.17 bits per heavy atom. The maximum atomic E-state index is 3.66. The monoisotopic (exact) mass is 255 g/mol. The van der Waals surface area contributed by atoms with E-state index in [1.165, 1.54) is 83.6 Å². The number of nitrogens with one attached hydrogen (secondary N) is 1. The van der Waals surface area contributed by atoms with Crippen LogP contribution in [0.2, 0.25) is 0 Å². The van der Waals surface area contributed by atoms with Crippen molar-refractivity contribution in [3.05, 3.63) is 0 Å². The van der Waals surface area contributed by atoms with E-state index < -0.39 is 0 Å². The van der Waals surface area contributed by atoms with Crippen LogP contribution in [-0.2, 0) is 0 Å². The van der Waals surface area contributed by atoms with Crippen LogP contribution in [0.25, 0.3) is 0 Å². The number of rotatable bonds is 14. The minimum atomic E-state index is 0.724. The van der Waals surface area contributed by atoms with Crippen LogP contribution in [0.5, 0.6) is 0 Å². The van der Waals surface area contributed by atoms with Crippen molar-refractivity contribution in [3.63, 3.8) is 0 Å². The van der Waals surface area contributed by atoms with E-state index in [4.69, 9.17) is 0 Å². The number of hydrogen-bond acceptors (Lipinski definition) is 1. The number of hydrogen-bond donors (Lipinski definition) is 1. The van der Waals surface area contributed by atoms with Gasteiger partial charge in [0, 0.05) is 6.04 Å². The van der Waals surface area contributed by atoms with Crippen LogP contribution in [0.3, 0.4) is 0 Å². The summed E-state index contributed by atoms with van der Waals surface area (Å²) in [6, 6.07) is 0.724. The van der Waals surface area contributed by atoms with Crippen molar-refractivity contribution in [2.24, 2.45) is 0 Å². The normalized spacial score (nSPS) is 12.8. The first-order valence-corrected chi connectivity index (χ1v) is 8.54. The van der Waals surface area contributed by atoms with E-state index >= 15 is 0 Å². The average molecular weight is 255 g/mol. The zero-order chi connectivity index (χ0) is 13.5. The fourth-order valence-corrected chi connectivity index (χ4v) is 2.41. The van der Waals surface area contributed by atoms with E-state index in [-0.39, 0.29) is 0 Å². The maximum Gasteiger partial charge on any atom is 0.00387 e. The van der Waals surface area contributed by atoms with Crippen LogP contribution in [0.1, 0.15) is 97.8 Å². The minimum absolute atomic E-state index is 0.724. The first-order chi connectivity index (χ1) is 8.81. The molecule has 0 bridgehead atoms. The molecule has 0 heterocycles. The summed E-state index contributed by atoms with van der Waals surface area (Å²) in [5.74, 6) is 0. The van der Waals surface area contributed by atoms with Crippen LogP contribution in [0, 0.1) is 0 Å². The van der Waals surface area contributed by atoms with Gasteiger partial charge in [0.25, 0.3) is 0 Å². The van der Waals surface area contributed by atoms with Crippen LogP contribution in [0.4, 0.5) is 0 Å². The summed E-state index contributed by atoms with van der Waals surface area (Å²) >= 11 is 0. The third kappa shape index (κ3) is 14.0. The molecule has 0 saturated carbocycles. The van der Waals surface area contributed by atoms with Gasteiger partial charge in [0.1, 0.15) is 0 Å². The van der Waals surface area contributed by atoms with E-state index in [2.05, 4.69) is 26.1 Å². The highest BCUT2D eigenvalue weighted by Gasteiger charge is 2.00. The van der Waals surface area contributed by atoms with Gasteiger partial charge in [0.2, 0.25) is 0 Å². The minimum Gasteiger partial charge on any atom is -0.314 e. The topological polar surface area (TPSA) is 12.0 Å². The molecule has 0 aromatic rings. The Kier molecular flexibility index (Phi) is 15.0. The van der Waals surface area contributed by atoms with Gasteiger partial charge < -0.3 is 5.32 Å². The highest BCUT2D eigenvalue weighted by atomic mass is 14.9. The molecule has 0 saturated heterocycles. The molecule has 0 fully saturated rings. The second-order valence-corrected chi connectivity index (χ2v) is 5.83. The summed E-state index contributed by atoms with van der Waals surface area (Å²) in [6.07, 6.45) is 16.8. The molecule has 0 aliphatic carbocycles. The van der Waals surface area contributed by atoms with Gasteiger partial charge in [-0.05, 0) is 26.3 Å². The smallest absolute Gasteiger partial charge is 0.00387 e. The van der Waals surface area contributed by atoms with E-state index in [1.54, 1.807) is 0 Å². The first kappa shape index (κ1) is 18.0. The molecule has 0 radical (unpaired) electrons. The molecule has 1 unspecified atom stereocenters. The van der Waals surface area contributed by atoms with Crippen molar-refractivity contribution in [1.29, 1.82) is 0 Å². The lowest BCUT2D eigenvalue weighted by Crippen LogP contribution is -2.26. The molecular formula is C17H37N. The van der Waals surface area contributed by atoms with E-state index in [1.807, 2.05) is 0 Å². The van der Waals surface area contributed by atoms with Crippen LogP contribution in [0.15, 0.2) is 0 Å². The molecule has 0 spiro atoms. The third-order valence-corrected chi connectivity index (χ3v) is 3.76. The van der Waals surface area contributed by atoms with E-state index in [0.717, 1.165) is 6.04 Å².